The van der Waals surface area contributed by atoms with Gasteiger partial charge in [-0.2, -0.15) is 0 Å². The fourth-order valence-corrected chi connectivity index (χ4v) is 2.34. The molecule has 1 aliphatic heterocycles. The molecule has 1 N–H and O–H groups in total. The predicted octanol–water partition coefficient (Wildman–Crippen LogP) is 1.89. The van der Waals surface area contributed by atoms with Gasteiger partial charge < -0.3 is 5.32 Å². The summed E-state index contributed by atoms with van der Waals surface area (Å²) in [7, 11) is 0. The zero-order valence-corrected chi connectivity index (χ0v) is 11.1. The molecule has 1 aromatic carbocycles. The summed E-state index contributed by atoms with van der Waals surface area (Å²) < 4.78 is 0. The minimum Gasteiger partial charge on any atom is -0.345 e. The number of aryl methyl sites for hydroxylation is 1. The molecular weight excluding hydrogens is 252 g/mol. The second-order valence-corrected chi connectivity index (χ2v) is 4.77. The summed E-state index contributed by atoms with van der Waals surface area (Å²) >= 11 is 5.97. The maximum absolute atomic E-state index is 12.0. The number of piperazine rings is 1. The van der Waals surface area contributed by atoms with Crippen molar-refractivity contribution in [2.24, 2.45) is 0 Å². The van der Waals surface area contributed by atoms with Gasteiger partial charge >= 0.3 is 0 Å². The maximum atomic E-state index is 12.0. The van der Waals surface area contributed by atoms with Crippen LogP contribution in [0.3, 0.4) is 0 Å². The second-order valence-electron chi connectivity index (χ2n) is 4.34. The van der Waals surface area contributed by atoms with Crippen LogP contribution in [0, 0.1) is 6.92 Å². The van der Waals surface area contributed by atoms with E-state index in [2.05, 4.69) is 5.32 Å². The Bertz CT molecular complexity index is 502. The van der Waals surface area contributed by atoms with E-state index in [9.17, 15) is 9.59 Å². The number of anilines is 1. The van der Waals surface area contributed by atoms with Gasteiger partial charge in [-0.3, -0.25) is 14.5 Å². The zero-order chi connectivity index (χ0) is 13.3. The lowest BCUT2D eigenvalue weighted by atomic mass is 10.1. The Balaban J connectivity index is 2.47. The summed E-state index contributed by atoms with van der Waals surface area (Å²) in [5.41, 5.74) is 1.65. The van der Waals surface area contributed by atoms with E-state index in [4.69, 9.17) is 11.6 Å². The number of halogens is 1. The Morgan fingerprint density at radius 2 is 2.17 bits per heavy atom. The van der Waals surface area contributed by atoms with Crippen LogP contribution >= 0.6 is 11.6 Å². The smallest absolute Gasteiger partial charge is 0.247 e. The largest absolute Gasteiger partial charge is 0.345 e. The summed E-state index contributed by atoms with van der Waals surface area (Å²) in [6.07, 6.45) is 0.573. The van der Waals surface area contributed by atoms with Crippen LogP contribution in [0.1, 0.15) is 18.9 Å². The van der Waals surface area contributed by atoms with Gasteiger partial charge in [0.05, 0.1) is 6.54 Å². The van der Waals surface area contributed by atoms with Crippen LogP contribution < -0.4 is 10.2 Å². The highest BCUT2D eigenvalue weighted by molar-refractivity contribution is 6.31. The molecule has 1 atom stereocenters. The fourth-order valence-electron chi connectivity index (χ4n) is 2.17. The molecule has 0 saturated carbocycles. The van der Waals surface area contributed by atoms with Gasteiger partial charge in [-0.1, -0.05) is 24.6 Å². The topological polar surface area (TPSA) is 49.4 Å². The van der Waals surface area contributed by atoms with Crippen LogP contribution in [0.15, 0.2) is 18.2 Å². The molecule has 1 heterocycles. The average Bonchev–Trinajstić information content (AvgIpc) is 2.35. The van der Waals surface area contributed by atoms with Crippen LogP contribution in [-0.2, 0) is 9.59 Å². The molecule has 1 unspecified atom stereocenters. The van der Waals surface area contributed by atoms with Crippen LogP contribution in [0.4, 0.5) is 5.69 Å². The summed E-state index contributed by atoms with van der Waals surface area (Å²) in [6, 6.07) is 4.90. The molecule has 0 aliphatic carbocycles. The lowest BCUT2D eigenvalue weighted by Gasteiger charge is -2.35. The van der Waals surface area contributed by atoms with Crippen LogP contribution in [0.2, 0.25) is 5.02 Å². The Labute approximate surface area is 111 Å². The van der Waals surface area contributed by atoms with Crippen molar-refractivity contribution in [2.75, 3.05) is 11.4 Å². The van der Waals surface area contributed by atoms with Gasteiger partial charge in [-0.15, -0.1) is 0 Å². The van der Waals surface area contributed by atoms with Crippen molar-refractivity contribution in [3.63, 3.8) is 0 Å². The first kappa shape index (κ1) is 12.9. The number of benzene rings is 1. The van der Waals surface area contributed by atoms with Crippen molar-refractivity contribution >= 4 is 29.1 Å². The minimum atomic E-state index is -0.455. The first-order chi connectivity index (χ1) is 8.54. The van der Waals surface area contributed by atoms with Gasteiger partial charge in [0.15, 0.2) is 0 Å². The van der Waals surface area contributed by atoms with E-state index in [0.717, 1.165) is 5.56 Å². The lowest BCUT2D eigenvalue weighted by Crippen LogP contribution is -2.58. The third-order valence-electron chi connectivity index (χ3n) is 3.11. The summed E-state index contributed by atoms with van der Waals surface area (Å²) in [4.78, 5) is 25.4. The monoisotopic (exact) mass is 266 g/mol. The summed E-state index contributed by atoms with van der Waals surface area (Å²) in [6.45, 7) is 3.83. The standard InChI is InChI=1S/C13H15ClN2O2/c1-3-10-13(18)15-7-12(17)16(10)11-6-9(14)5-4-8(11)2/h4-6,10H,3,7H2,1-2H3,(H,15,18). The van der Waals surface area contributed by atoms with E-state index in [0.29, 0.717) is 17.1 Å². The fraction of sp³-hybridized carbons (Fsp3) is 0.385. The molecule has 5 heteroatoms. The van der Waals surface area contributed by atoms with E-state index in [-0.39, 0.29) is 18.4 Å². The number of hydrogen-bond donors (Lipinski definition) is 1. The molecule has 0 spiro atoms. The maximum Gasteiger partial charge on any atom is 0.247 e. The van der Waals surface area contributed by atoms with Crippen molar-refractivity contribution < 1.29 is 9.59 Å². The van der Waals surface area contributed by atoms with Crippen molar-refractivity contribution in [3.05, 3.63) is 28.8 Å². The number of nitrogens with one attached hydrogen (secondary N) is 1. The Hall–Kier alpha value is -1.55. The van der Waals surface area contributed by atoms with Gasteiger partial charge in [-0.05, 0) is 31.0 Å². The minimum absolute atomic E-state index is 0.0429. The molecule has 4 nitrogen and oxygen atoms in total. The van der Waals surface area contributed by atoms with Gasteiger partial charge in [-0.25, -0.2) is 0 Å². The van der Waals surface area contributed by atoms with Gasteiger partial charge in [0.25, 0.3) is 0 Å². The number of nitrogens with zero attached hydrogens (tertiary/aromatic N) is 1. The first-order valence-corrected chi connectivity index (χ1v) is 6.28. The van der Waals surface area contributed by atoms with E-state index in [1.807, 2.05) is 19.9 Å². The highest BCUT2D eigenvalue weighted by atomic mass is 35.5. The molecule has 1 saturated heterocycles. The molecule has 2 amide bonds. The SMILES string of the molecule is CCC1C(=O)NCC(=O)N1c1cc(Cl)ccc1C. The first-order valence-electron chi connectivity index (χ1n) is 5.90. The van der Waals surface area contributed by atoms with Gasteiger partial charge in [0.1, 0.15) is 6.04 Å². The van der Waals surface area contributed by atoms with E-state index < -0.39 is 6.04 Å². The third-order valence-corrected chi connectivity index (χ3v) is 3.35. The van der Waals surface area contributed by atoms with Crippen molar-refractivity contribution in [1.29, 1.82) is 0 Å². The van der Waals surface area contributed by atoms with Crippen molar-refractivity contribution in [2.45, 2.75) is 26.3 Å². The van der Waals surface area contributed by atoms with Crippen molar-refractivity contribution in [1.82, 2.24) is 5.32 Å². The summed E-state index contributed by atoms with van der Waals surface area (Å²) in [5.74, 6) is -0.219. The molecule has 1 aromatic rings. The molecule has 2 rings (SSSR count). The Kier molecular flexibility index (Phi) is 3.57. The molecule has 1 fully saturated rings. The van der Waals surface area contributed by atoms with Crippen molar-refractivity contribution in [3.8, 4) is 0 Å². The lowest BCUT2D eigenvalue weighted by molar-refractivity contribution is -0.131. The number of rotatable bonds is 2. The normalized spacial score (nSPS) is 19.9. The van der Waals surface area contributed by atoms with E-state index in [1.165, 1.54) is 0 Å². The van der Waals surface area contributed by atoms with Crippen LogP contribution in [0.5, 0.6) is 0 Å². The third kappa shape index (κ3) is 2.20. The molecule has 0 bridgehead atoms. The molecule has 96 valence electrons. The van der Waals surface area contributed by atoms with E-state index >= 15 is 0 Å². The number of carbonyl (C=O) groups is 2. The Morgan fingerprint density at radius 3 is 2.83 bits per heavy atom. The zero-order valence-electron chi connectivity index (χ0n) is 10.4. The van der Waals surface area contributed by atoms with Crippen LogP contribution in [0.25, 0.3) is 0 Å². The average molecular weight is 267 g/mol. The predicted molar refractivity (Wildman–Crippen MR) is 70.8 cm³/mol. The molecule has 0 aromatic heterocycles. The number of amides is 2. The molecular formula is C13H15ClN2O2. The number of hydrogen-bond acceptors (Lipinski definition) is 2. The quantitative estimate of drug-likeness (QED) is 0.889. The Morgan fingerprint density at radius 1 is 1.44 bits per heavy atom. The second kappa shape index (κ2) is 4.98. The molecule has 1 aliphatic rings. The highest BCUT2D eigenvalue weighted by Gasteiger charge is 2.34. The molecule has 18 heavy (non-hydrogen) atoms. The molecule has 0 radical (unpaired) electrons. The summed E-state index contributed by atoms with van der Waals surface area (Å²) in [5, 5.41) is 3.16. The number of carbonyl (C=O) groups excluding carboxylic acids is 2. The van der Waals surface area contributed by atoms with Crippen LogP contribution in [-0.4, -0.2) is 24.4 Å². The van der Waals surface area contributed by atoms with E-state index in [1.54, 1.807) is 17.0 Å². The van der Waals surface area contributed by atoms with Gasteiger partial charge in [0.2, 0.25) is 11.8 Å². The highest BCUT2D eigenvalue weighted by Crippen LogP contribution is 2.28. The van der Waals surface area contributed by atoms with Gasteiger partial charge in [0, 0.05) is 10.7 Å².